The molecule has 2 atom stereocenters. The summed E-state index contributed by atoms with van der Waals surface area (Å²) in [6.07, 6.45) is 6.94. The van der Waals surface area contributed by atoms with Crippen molar-refractivity contribution in [1.82, 2.24) is 5.32 Å². The van der Waals surface area contributed by atoms with Gasteiger partial charge in [-0.2, -0.15) is 0 Å². The van der Waals surface area contributed by atoms with Gasteiger partial charge in [-0.3, -0.25) is 0 Å². The van der Waals surface area contributed by atoms with E-state index in [-0.39, 0.29) is 0 Å². The van der Waals surface area contributed by atoms with Crippen molar-refractivity contribution in [3.63, 3.8) is 0 Å². The van der Waals surface area contributed by atoms with Crippen molar-refractivity contribution in [3.05, 3.63) is 0 Å². The third kappa shape index (κ3) is 1.89. The van der Waals surface area contributed by atoms with Gasteiger partial charge in [0.2, 0.25) is 0 Å². The number of ether oxygens (including phenoxy) is 1. The molecule has 74 valence electrons. The number of nitrogens with one attached hydrogen (secondary N) is 1. The van der Waals surface area contributed by atoms with Gasteiger partial charge in [0, 0.05) is 25.3 Å². The fraction of sp³-hybridized carbons (Fsp3) is 1.00. The summed E-state index contributed by atoms with van der Waals surface area (Å²) >= 11 is 0. The molecule has 0 aromatic carbocycles. The molecule has 0 radical (unpaired) electrons. The SMILES string of the molecule is C1CC(NC2CC2C2CC2)CCO1. The summed E-state index contributed by atoms with van der Waals surface area (Å²) in [5.74, 6) is 2.17. The quantitative estimate of drug-likeness (QED) is 0.713. The third-order valence-corrected chi connectivity index (χ3v) is 3.74. The first kappa shape index (κ1) is 8.25. The van der Waals surface area contributed by atoms with E-state index in [2.05, 4.69) is 5.32 Å². The molecule has 0 spiro atoms. The van der Waals surface area contributed by atoms with Gasteiger partial charge in [-0.1, -0.05) is 0 Å². The Morgan fingerprint density at radius 3 is 2.46 bits per heavy atom. The zero-order valence-corrected chi connectivity index (χ0v) is 8.17. The highest BCUT2D eigenvalue weighted by Crippen LogP contribution is 2.50. The molecule has 1 aliphatic heterocycles. The zero-order valence-electron chi connectivity index (χ0n) is 8.17. The van der Waals surface area contributed by atoms with E-state index in [0.29, 0.717) is 0 Å². The molecule has 2 saturated carbocycles. The van der Waals surface area contributed by atoms with Gasteiger partial charge in [0.25, 0.3) is 0 Å². The standard InChI is InChI=1S/C11H19NO/c1-2-8(1)10-7-11(10)12-9-3-5-13-6-4-9/h8-12H,1-7H2. The second kappa shape index (κ2) is 3.25. The summed E-state index contributed by atoms with van der Waals surface area (Å²) in [6, 6.07) is 1.65. The van der Waals surface area contributed by atoms with Gasteiger partial charge in [-0.15, -0.1) is 0 Å². The lowest BCUT2D eigenvalue weighted by molar-refractivity contribution is 0.0771. The van der Waals surface area contributed by atoms with Crippen molar-refractivity contribution >= 4 is 0 Å². The Hall–Kier alpha value is -0.0800. The van der Waals surface area contributed by atoms with Crippen LogP contribution in [0, 0.1) is 11.8 Å². The Morgan fingerprint density at radius 2 is 1.77 bits per heavy atom. The summed E-state index contributed by atoms with van der Waals surface area (Å²) in [5.41, 5.74) is 0. The van der Waals surface area contributed by atoms with Crippen LogP contribution in [0.2, 0.25) is 0 Å². The van der Waals surface area contributed by atoms with Gasteiger partial charge >= 0.3 is 0 Å². The molecule has 2 unspecified atom stereocenters. The molecule has 1 saturated heterocycles. The highest BCUT2D eigenvalue weighted by atomic mass is 16.5. The van der Waals surface area contributed by atoms with E-state index in [4.69, 9.17) is 4.74 Å². The largest absolute Gasteiger partial charge is 0.381 e. The molecule has 0 aromatic rings. The first-order chi connectivity index (χ1) is 6.43. The Morgan fingerprint density at radius 1 is 1.00 bits per heavy atom. The maximum absolute atomic E-state index is 5.35. The first-order valence-electron chi connectivity index (χ1n) is 5.77. The van der Waals surface area contributed by atoms with E-state index >= 15 is 0 Å². The number of hydrogen-bond acceptors (Lipinski definition) is 2. The van der Waals surface area contributed by atoms with Gasteiger partial charge in [-0.05, 0) is 43.9 Å². The molecule has 0 bridgehead atoms. The summed E-state index contributed by atoms with van der Waals surface area (Å²) in [7, 11) is 0. The molecule has 1 N–H and O–H groups in total. The first-order valence-corrected chi connectivity index (χ1v) is 5.77. The monoisotopic (exact) mass is 181 g/mol. The second-order valence-electron chi connectivity index (χ2n) is 4.90. The maximum Gasteiger partial charge on any atom is 0.0480 e. The predicted octanol–water partition coefficient (Wildman–Crippen LogP) is 1.55. The van der Waals surface area contributed by atoms with Crippen molar-refractivity contribution in [2.24, 2.45) is 11.8 Å². The van der Waals surface area contributed by atoms with Gasteiger partial charge in [0.1, 0.15) is 0 Å². The molecule has 0 amide bonds. The van der Waals surface area contributed by atoms with Crippen molar-refractivity contribution in [2.75, 3.05) is 13.2 Å². The van der Waals surface area contributed by atoms with Crippen LogP contribution in [-0.4, -0.2) is 25.3 Å². The van der Waals surface area contributed by atoms with E-state index in [9.17, 15) is 0 Å². The Balaban J connectivity index is 1.42. The maximum atomic E-state index is 5.35. The Kier molecular flexibility index (Phi) is 2.06. The molecule has 3 rings (SSSR count). The van der Waals surface area contributed by atoms with Gasteiger partial charge in [0.05, 0.1) is 0 Å². The van der Waals surface area contributed by atoms with Gasteiger partial charge in [-0.25, -0.2) is 0 Å². The summed E-state index contributed by atoms with van der Waals surface area (Å²) in [6.45, 7) is 1.94. The molecule has 3 aliphatic rings. The fourth-order valence-electron chi connectivity index (χ4n) is 2.62. The van der Waals surface area contributed by atoms with Crippen LogP contribution in [0.15, 0.2) is 0 Å². The number of hydrogen-bond donors (Lipinski definition) is 1. The average molecular weight is 181 g/mol. The molecule has 2 heteroatoms. The molecule has 3 fully saturated rings. The minimum atomic E-state index is 0.766. The van der Waals surface area contributed by atoms with Crippen LogP contribution in [-0.2, 0) is 4.74 Å². The molecule has 2 aliphatic carbocycles. The van der Waals surface area contributed by atoms with Crippen LogP contribution in [0.5, 0.6) is 0 Å². The second-order valence-corrected chi connectivity index (χ2v) is 4.90. The van der Waals surface area contributed by atoms with Crippen molar-refractivity contribution in [1.29, 1.82) is 0 Å². The van der Waals surface area contributed by atoms with Crippen LogP contribution in [0.4, 0.5) is 0 Å². The lowest BCUT2D eigenvalue weighted by atomic mass is 10.1. The summed E-state index contributed by atoms with van der Waals surface area (Å²) in [4.78, 5) is 0. The number of rotatable bonds is 3. The molecular formula is C11H19NO. The lowest BCUT2D eigenvalue weighted by Gasteiger charge is -2.23. The molecule has 2 nitrogen and oxygen atoms in total. The molecule has 13 heavy (non-hydrogen) atoms. The fourth-order valence-corrected chi connectivity index (χ4v) is 2.62. The Labute approximate surface area is 80.0 Å². The van der Waals surface area contributed by atoms with Crippen LogP contribution >= 0.6 is 0 Å². The highest BCUT2D eigenvalue weighted by Gasteiger charge is 2.47. The minimum Gasteiger partial charge on any atom is -0.381 e. The molecule has 1 heterocycles. The average Bonchev–Trinajstić information content (AvgIpc) is 2.99. The van der Waals surface area contributed by atoms with E-state index in [1.165, 1.54) is 32.1 Å². The van der Waals surface area contributed by atoms with E-state index in [0.717, 1.165) is 37.1 Å². The van der Waals surface area contributed by atoms with E-state index in [1.807, 2.05) is 0 Å². The summed E-state index contributed by atoms with van der Waals surface area (Å²) < 4.78 is 5.35. The topological polar surface area (TPSA) is 21.3 Å². The van der Waals surface area contributed by atoms with Crippen molar-refractivity contribution in [2.45, 2.75) is 44.2 Å². The minimum absolute atomic E-state index is 0.766. The van der Waals surface area contributed by atoms with Gasteiger partial charge in [0.15, 0.2) is 0 Å². The molecular weight excluding hydrogens is 162 g/mol. The van der Waals surface area contributed by atoms with E-state index in [1.54, 1.807) is 0 Å². The van der Waals surface area contributed by atoms with Gasteiger partial charge < -0.3 is 10.1 Å². The van der Waals surface area contributed by atoms with Crippen LogP contribution < -0.4 is 5.32 Å². The summed E-state index contributed by atoms with van der Waals surface area (Å²) in [5, 5.41) is 3.78. The predicted molar refractivity (Wildman–Crippen MR) is 51.6 cm³/mol. The van der Waals surface area contributed by atoms with E-state index < -0.39 is 0 Å². The molecule has 0 aromatic heterocycles. The smallest absolute Gasteiger partial charge is 0.0480 e. The van der Waals surface area contributed by atoms with Crippen molar-refractivity contribution in [3.8, 4) is 0 Å². The lowest BCUT2D eigenvalue weighted by Crippen LogP contribution is -2.36. The van der Waals surface area contributed by atoms with Crippen molar-refractivity contribution < 1.29 is 4.74 Å². The van der Waals surface area contributed by atoms with Crippen LogP contribution in [0.1, 0.15) is 32.1 Å². The van der Waals surface area contributed by atoms with Crippen LogP contribution in [0.25, 0.3) is 0 Å². The highest BCUT2D eigenvalue weighted by molar-refractivity contribution is 5.02. The normalized spacial score (nSPS) is 40.6. The Bertz CT molecular complexity index is 185. The third-order valence-electron chi connectivity index (χ3n) is 3.74. The zero-order chi connectivity index (χ0) is 8.67. The van der Waals surface area contributed by atoms with Crippen LogP contribution in [0.3, 0.4) is 0 Å².